The molecule has 0 unspecified atom stereocenters. The Hall–Kier alpha value is -2.39. The number of H-pyrrole nitrogens is 1. The Morgan fingerprint density at radius 3 is 2.50 bits per heavy atom. The van der Waals surface area contributed by atoms with Gasteiger partial charge in [-0.05, 0) is 30.9 Å². The Bertz CT molecular complexity index is 799. The summed E-state index contributed by atoms with van der Waals surface area (Å²) in [5, 5.41) is 11.0. The molecule has 3 aromatic rings. The number of hydrogen-bond donors (Lipinski definition) is 2. The van der Waals surface area contributed by atoms with Crippen molar-refractivity contribution in [3.8, 4) is 11.3 Å². The van der Waals surface area contributed by atoms with Crippen molar-refractivity contribution in [2.24, 2.45) is 0 Å². The number of hydrogen-bond acceptors (Lipinski definition) is 2. The van der Waals surface area contributed by atoms with E-state index < -0.39 is 0 Å². The van der Waals surface area contributed by atoms with E-state index >= 15 is 0 Å². The third-order valence-electron chi connectivity index (χ3n) is 5.08. The summed E-state index contributed by atoms with van der Waals surface area (Å²) in [5.74, 6) is 0. The average Bonchev–Trinajstić information content (AvgIpc) is 3.27. The van der Waals surface area contributed by atoms with E-state index in [-0.39, 0.29) is 0 Å². The molecule has 0 bridgehead atoms. The molecule has 24 heavy (non-hydrogen) atoms. The highest BCUT2D eigenvalue weighted by molar-refractivity contribution is 5.62. The Kier molecular flexibility index (Phi) is 3.95. The highest BCUT2D eigenvalue weighted by atomic mass is 15.1. The molecular weight excluding hydrogens is 294 g/mol. The fourth-order valence-electron chi connectivity index (χ4n) is 3.36. The van der Waals surface area contributed by atoms with Crippen LogP contribution in [0.2, 0.25) is 0 Å². The lowest BCUT2D eigenvalue weighted by Crippen LogP contribution is -2.26. The van der Waals surface area contributed by atoms with E-state index in [1.54, 1.807) is 0 Å². The van der Waals surface area contributed by atoms with Gasteiger partial charge in [-0.15, -0.1) is 0 Å². The monoisotopic (exact) mass is 317 g/mol. The van der Waals surface area contributed by atoms with Crippen LogP contribution in [0.4, 0.5) is 0 Å². The minimum Gasteiger partial charge on any atom is -0.312 e. The van der Waals surface area contributed by atoms with Crippen LogP contribution in [0.3, 0.4) is 0 Å². The van der Waals surface area contributed by atoms with Crippen LogP contribution < -0.4 is 5.32 Å². The lowest BCUT2D eigenvalue weighted by Gasteiger charge is -2.16. The molecule has 2 aromatic carbocycles. The maximum atomic E-state index is 4.24. The van der Waals surface area contributed by atoms with Gasteiger partial charge in [0.2, 0.25) is 0 Å². The van der Waals surface area contributed by atoms with Gasteiger partial charge in [0.1, 0.15) is 0 Å². The standard InChI is InChI=1S/C21H23N3/c1-16-7-9-17(10-8-16)20-18(14-23-24-20)13-22-15-21(11-12-21)19-5-3-2-4-6-19/h2-10,14,22H,11-13,15H2,1H3,(H,23,24). The predicted octanol–water partition coefficient (Wildman–Crippen LogP) is 4.21. The number of aromatic nitrogens is 2. The van der Waals surface area contributed by atoms with Crippen LogP contribution in [0.1, 0.15) is 29.5 Å². The summed E-state index contributed by atoms with van der Waals surface area (Å²) in [6, 6.07) is 19.5. The molecule has 2 N–H and O–H groups in total. The van der Waals surface area contributed by atoms with Crippen molar-refractivity contribution in [3.63, 3.8) is 0 Å². The fraction of sp³-hybridized carbons (Fsp3) is 0.286. The van der Waals surface area contributed by atoms with Crippen molar-refractivity contribution in [1.29, 1.82) is 0 Å². The Morgan fingerprint density at radius 1 is 1.04 bits per heavy atom. The highest BCUT2D eigenvalue weighted by Gasteiger charge is 2.43. The Labute approximate surface area is 143 Å². The number of rotatable bonds is 6. The smallest absolute Gasteiger partial charge is 0.0695 e. The molecule has 1 aliphatic rings. The molecule has 3 heteroatoms. The van der Waals surface area contributed by atoms with Gasteiger partial charge in [-0.3, -0.25) is 5.10 Å². The summed E-state index contributed by atoms with van der Waals surface area (Å²) in [6.07, 6.45) is 4.49. The molecule has 0 saturated heterocycles. The van der Waals surface area contributed by atoms with E-state index in [9.17, 15) is 0 Å². The quantitative estimate of drug-likeness (QED) is 0.715. The summed E-state index contributed by atoms with van der Waals surface area (Å²) in [5.41, 5.74) is 6.61. The second-order valence-electron chi connectivity index (χ2n) is 6.89. The molecule has 4 rings (SSSR count). The van der Waals surface area contributed by atoms with Crippen LogP contribution >= 0.6 is 0 Å². The minimum atomic E-state index is 0.342. The van der Waals surface area contributed by atoms with Crippen LogP contribution in [-0.4, -0.2) is 16.7 Å². The molecule has 3 nitrogen and oxygen atoms in total. The summed E-state index contributed by atoms with van der Waals surface area (Å²) in [4.78, 5) is 0. The summed E-state index contributed by atoms with van der Waals surface area (Å²) >= 11 is 0. The van der Waals surface area contributed by atoms with Crippen LogP contribution in [0, 0.1) is 6.92 Å². The third kappa shape index (κ3) is 3.00. The van der Waals surface area contributed by atoms with E-state index in [1.807, 2.05) is 6.20 Å². The van der Waals surface area contributed by atoms with E-state index in [0.29, 0.717) is 5.41 Å². The van der Waals surface area contributed by atoms with E-state index in [2.05, 4.69) is 77.0 Å². The SMILES string of the molecule is Cc1ccc(-c2[nH]ncc2CNCC2(c3ccccc3)CC2)cc1. The van der Waals surface area contributed by atoms with E-state index in [0.717, 1.165) is 18.8 Å². The first-order valence-corrected chi connectivity index (χ1v) is 8.62. The fourth-order valence-corrected chi connectivity index (χ4v) is 3.36. The largest absolute Gasteiger partial charge is 0.312 e. The maximum absolute atomic E-state index is 4.24. The highest BCUT2D eigenvalue weighted by Crippen LogP contribution is 2.47. The number of aryl methyl sites for hydroxylation is 1. The van der Waals surface area contributed by atoms with Gasteiger partial charge in [-0.2, -0.15) is 5.10 Å². The second-order valence-corrected chi connectivity index (χ2v) is 6.89. The van der Waals surface area contributed by atoms with Crippen LogP contribution in [0.15, 0.2) is 60.8 Å². The molecule has 1 aliphatic carbocycles. The molecule has 1 aromatic heterocycles. The first kappa shape index (κ1) is 15.2. The van der Waals surface area contributed by atoms with Gasteiger partial charge in [-0.1, -0.05) is 60.2 Å². The van der Waals surface area contributed by atoms with Crippen molar-refractivity contribution in [2.75, 3.05) is 6.54 Å². The molecule has 1 heterocycles. The lowest BCUT2D eigenvalue weighted by atomic mass is 9.96. The zero-order chi connectivity index (χ0) is 16.4. The second kappa shape index (κ2) is 6.25. The molecule has 0 spiro atoms. The minimum absolute atomic E-state index is 0.342. The molecule has 122 valence electrons. The van der Waals surface area contributed by atoms with Crippen molar-refractivity contribution < 1.29 is 0 Å². The van der Waals surface area contributed by atoms with Crippen molar-refractivity contribution >= 4 is 0 Å². The Balaban J connectivity index is 1.43. The van der Waals surface area contributed by atoms with Gasteiger partial charge >= 0.3 is 0 Å². The topological polar surface area (TPSA) is 40.7 Å². The first-order chi connectivity index (χ1) is 11.8. The van der Waals surface area contributed by atoms with Crippen LogP contribution in [0.25, 0.3) is 11.3 Å². The van der Waals surface area contributed by atoms with Gasteiger partial charge in [0.25, 0.3) is 0 Å². The molecule has 0 atom stereocenters. The molecular formula is C21H23N3. The van der Waals surface area contributed by atoms with Gasteiger partial charge < -0.3 is 5.32 Å². The number of nitrogens with one attached hydrogen (secondary N) is 2. The molecule has 1 saturated carbocycles. The van der Waals surface area contributed by atoms with Gasteiger partial charge in [0.05, 0.1) is 11.9 Å². The number of benzene rings is 2. The van der Waals surface area contributed by atoms with Crippen molar-refractivity contribution in [2.45, 2.75) is 31.7 Å². The summed E-state index contributed by atoms with van der Waals surface area (Å²) in [6.45, 7) is 3.97. The third-order valence-corrected chi connectivity index (χ3v) is 5.08. The van der Waals surface area contributed by atoms with Crippen LogP contribution in [0.5, 0.6) is 0 Å². The zero-order valence-electron chi connectivity index (χ0n) is 14.0. The molecule has 1 fully saturated rings. The van der Waals surface area contributed by atoms with Crippen molar-refractivity contribution in [3.05, 3.63) is 77.5 Å². The summed E-state index contributed by atoms with van der Waals surface area (Å²) in [7, 11) is 0. The van der Waals surface area contributed by atoms with Gasteiger partial charge in [0, 0.05) is 24.1 Å². The lowest BCUT2D eigenvalue weighted by molar-refractivity contribution is 0.575. The maximum Gasteiger partial charge on any atom is 0.0695 e. The van der Waals surface area contributed by atoms with Gasteiger partial charge in [0.15, 0.2) is 0 Å². The number of nitrogens with zero attached hydrogens (tertiary/aromatic N) is 1. The Morgan fingerprint density at radius 2 is 1.79 bits per heavy atom. The average molecular weight is 317 g/mol. The van der Waals surface area contributed by atoms with Gasteiger partial charge in [-0.25, -0.2) is 0 Å². The zero-order valence-corrected chi connectivity index (χ0v) is 14.0. The number of aromatic amines is 1. The first-order valence-electron chi connectivity index (χ1n) is 8.62. The predicted molar refractivity (Wildman–Crippen MR) is 97.8 cm³/mol. The normalized spacial score (nSPS) is 15.4. The van der Waals surface area contributed by atoms with E-state index in [1.165, 1.54) is 35.1 Å². The van der Waals surface area contributed by atoms with Crippen molar-refractivity contribution in [1.82, 2.24) is 15.5 Å². The molecule has 0 aliphatic heterocycles. The molecule has 0 radical (unpaired) electrons. The molecule has 0 amide bonds. The van der Waals surface area contributed by atoms with Crippen LogP contribution in [-0.2, 0) is 12.0 Å². The summed E-state index contributed by atoms with van der Waals surface area (Å²) < 4.78 is 0. The van der Waals surface area contributed by atoms with E-state index in [4.69, 9.17) is 0 Å².